The van der Waals surface area contributed by atoms with Crippen molar-refractivity contribution in [2.45, 2.75) is 19.9 Å². The van der Waals surface area contributed by atoms with Crippen LogP contribution >= 0.6 is 27.7 Å². The van der Waals surface area contributed by atoms with Crippen molar-refractivity contribution >= 4 is 33.5 Å². The fraction of sp³-hybridized carbons (Fsp3) is 0.545. The van der Waals surface area contributed by atoms with Crippen LogP contribution in [-0.4, -0.2) is 30.1 Å². The molecule has 0 radical (unpaired) electrons. The van der Waals surface area contributed by atoms with Crippen molar-refractivity contribution in [1.82, 2.24) is 4.98 Å². The fourth-order valence-electron chi connectivity index (χ4n) is 1.35. The lowest BCUT2D eigenvalue weighted by Gasteiger charge is -2.26. The number of pyridine rings is 1. The molecule has 84 valence electrons. The Labute approximate surface area is 105 Å². The maximum Gasteiger partial charge on any atom is 0.142 e. The van der Waals surface area contributed by atoms with E-state index in [1.54, 1.807) is 0 Å². The van der Waals surface area contributed by atoms with Crippen molar-refractivity contribution in [2.75, 3.05) is 24.0 Å². The highest BCUT2D eigenvalue weighted by atomic mass is 79.9. The predicted octanol–water partition coefficient (Wildman–Crippen LogP) is 3.34. The highest BCUT2D eigenvalue weighted by molar-refractivity contribution is 9.10. The van der Waals surface area contributed by atoms with Crippen LogP contribution in [0.4, 0.5) is 5.82 Å². The summed E-state index contributed by atoms with van der Waals surface area (Å²) < 4.78 is 1.07. The van der Waals surface area contributed by atoms with Gasteiger partial charge in [-0.05, 0) is 47.7 Å². The summed E-state index contributed by atoms with van der Waals surface area (Å²) in [7, 11) is 2.09. The van der Waals surface area contributed by atoms with Gasteiger partial charge in [0, 0.05) is 25.0 Å². The highest BCUT2D eigenvalue weighted by Crippen LogP contribution is 2.25. The van der Waals surface area contributed by atoms with E-state index < -0.39 is 0 Å². The normalized spacial score (nSPS) is 12.6. The number of thioether (sulfide) groups is 1. The van der Waals surface area contributed by atoms with E-state index in [1.807, 2.05) is 24.9 Å². The number of aryl methyl sites for hydroxylation is 1. The standard InChI is InChI=1S/C11H17BrN2S/c1-8-5-10(12)11(13-6-8)14(3)9(2)7-15-4/h5-6,9H,7H2,1-4H3. The molecule has 1 aromatic rings. The van der Waals surface area contributed by atoms with Crippen molar-refractivity contribution in [1.29, 1.82) is 0 Å². The van der Waals surface area contributed by atoms with Crippen LogP contribution in [-0.2, 0) is 0 Å². The first-order valence-corrected chi connectivity index (χ1v) is 7.09. The summed E-state index contributed by atoms with van der Waals surface area (Å²) in [5.74, 6) is 2.13. The van der Waals surface area contributed by atoms with E-state index in [0.29, 0.717) is 6.04 Å². The summed E-state index contributed by atoms with van der Waals surface area (Å²) >= 11 is 5.41. The van der Waals surface area contributed by atoms with Gasteiger partial charge in [0.05, 0.1) is 4.47 Å². The second kappa shape index (κ2) is 5.75. The third-order valence-electron chi connectivity index (χ3n) is 2.36. The quantitative estimate of drug-likeness (QED) is 0.845. The molecule has 0 aliphatic carbocycles. The minimum Gasteiger partial charge on any atom is -0.355 e. The lowest BCUT2D eigenvalue weighted by Crippen LogP contribution is -2.31. The molecule has 0 aromatic carbocycles. The third kappa shape index (κ3) is 3.38. The Balaban J connectivity index is 2.86. The lowest BCUT2D eigenvalue weighted by molar-refractivity contribution is 0.751. The van der Waals surface area contributed by atoms with Crippen molar-refractivity contribution < 1.29 is 0 Å². The third-order valence-corrected chi connectivity index (χ3v) is 3.76. The zero-order chi connectivity index (χ0) is 11.4. The average Bonchev–Trinajstić information content (AvgIpc) is 2.17. The van der Waals surface area contributed by atoms with Gasteiger partial charge in [0.25, 0.3) is 0 Å². The Kier molecular flexibility index (Phi) is 4.93. The molecule has 0 saturated heterocycles. The largest absolute Gasteiger partial charge is 0.355 e. The van der Waals surface area contributed by atoms with Crippen molar-refractivity contribution in [3.8, 4) is 0 Å². The second-order valence-electron chi connectivity index (χ2n) is 3.73. The second-order valence-corrected chi connectivity index (χ2v) is 5.50. The van der Waals surface area contributed by atoms with Crippen LogP contribution in [0, 0.1) is 6.92 Å². The summed E-state index contributed by atoms with van der Waals surface area (Å²) in [6, 6.07) is 2.59. The van der Waals surface area contributed by atoms with Crippen LogP contribution in [0.25, 0.3) is 0 Å². The first kappa shape index (κ1) is 12.8. The van der Waals surface area contributed by atoms with Crippen LogP contribution in [0.15, 0.2) is 16.7 Å². The van der Waals surface area contributed by atoms with E-state index in [1.165, 1.54) is 5.56 Å². The molecular weight excluding hydrogens is 272 g/mol. The molecule has 1 rings (SSSR count). The molecule has 2 nitrogen and oxygen atoms in total. The van der Waals surface area contributed by atoms with Crippen molar-refractivity contribution in [2.24, 2.45) is 0 Å². The van der Waals surface area contributed by atoms with E-state index in [2.05, 4.69) is 52.1 Å². The van der Waals surface area contributed by atoms with Gasteiger partial charge in [0.15, 0.2) is 0 Å². The smallest absolute Gasteiger partial charge is 0.142 e. The summed E-state index contributed by atoms with van der Waals surface area (Å²) in [6.07, 6.45) is 4.03. The summed E-state index contributed by atoms with van der Waals surface area (Å²) in [4.78, 5) is 6.66. The first-order valence-electron chi connectivity index (χ1n) is 4.90. The molecule has 15 heavy (non-hydrogen) atoms. The zero-order valence-corrected chi connectivity index (χ0v) is 12.0. The molecule has 4 heteroatoms. The number of halogens is 1. The molecule has 1 aromatic heterocycles. The van der Waals surface area contributed by atoms with Gasteiger partial charge in [-0.3, -0.25) is 0 Å². The number of rotatable bonds is 4. The van der Waals surface area contributed by atoms with Gasteiger partial charge in [-0.1, -0.05) is 0 Å². The van der Waals surface area contributed by atoms with E-state index in [-0.39, 0.29) is 0 Å². The first-order chi connectivity index (χ1) is 7.06. The highest BCUT2D eigenvalue weighted by Gasteiger charge is 2.13. The summed E-state index contributed by atoms with van der Waals surface area (Å²) in [6.45, 7) is 4.26. The van der Waals surface area contributed by atoms with Gasteiger partial charge in [-0.2, -0.15) is 11.8 Å². The number of nitrogens with zero attached hydrogens (tertiary/aromatic N) is 2. The van der Waals surface area contributed by atoms with Crippen molar-refractivity contribution in [3.05, 3.63) is 22.3 Å². The minimum absolute atomic E-state index is 0.492. The number of aromatic nitrogens is 1. The van der Waals surface area contributed by atoms with Crippen LogP contribution in [0.2, 0.25) is 0 Å². The van der Waals surface area contributed by atoms with E-state index in [0.717, 1.165) is 16.0 Å². The zero-order valence-electron chi connectivity index (χ0n) is 9.62. The Morgan fingerprint density at radius 3 is 2.80 bits per heavy atom. The van der Waals surface area contributed by atoms with Gasteiger partial charge in [0.1, 0.15) is 5.82 Å². The maximum atomic E-state index is 4.45. The SMILES string of the molecule is CSCC(C)N(C)c1ncc(C)cc1Br. The molecule has 0 spiro atoms. The molecule has 1 unspecified atom stereocenters. The van der Waals surface area contributed by atoms with E-state index in [9.17, 15) is 0 Å². The molecule has 0 bridgehead atoms. The van der Waals surface area contributed by atoms with E-state index >= 15 is 0 Å². The van der Waals surface area contributed by atoms with Crippen LogP contribution < -0.4 is 4.90 Å². The molecule has 0 fully saturated rings. The number of hydrogen-bond acceptors (Lipinski definition) is 3. The van der Waals surface area contributed by atoms with Crippen LogP contribution in [0.5, 0.6) is 0 Å². The number of anilines is 1. The van der Waals surface area contributed by atoms with Crippen LogP contribution in [0.1, 0.15) is 12.5 Å². The molecule has 1 heterocycles. The lowest BCUT2D eigenvalue weighted by atomic mass is 10.3. The van der Waals surface area contributed by atoms with Gasteiger partial charge in [-0.25, -0.2) is 4.98 Å². The Morgan fingerprint density at radius 1 is 1.60 bits per heavy atom. The predicted molar refractivity (Wildman–Crippen MR) is 72.9 cm³/mol. The minimum atomic E-state index is 0.492. The molecule has 0 aliphatic heterocycles. The average molecular weight is 289 g/mol. The summed E-state index contributed by atoms with van der Waals surface area (Å²) in [5.41, 5.74) is 1.18. The Hall–Kier alpha value is -0.220. The van der Waals surface area contributed by atoms with Crippen molar-refractivity contribution in [3.63, 3.8) is 0 Å². The topological polar surface area (TPSA) is 16.1 Å². The summed E-state index contributed by atoms with van der Waals surface area (Å²) in [5, 5.41) is 0. The Morgan fingerprint density at radius 2 is 2.27 bits per heavy atom. The molecule has 0 amide bonds. The molecule has 0 saturated carbocycles. The van der Waals surface area contributed by atoms with E-state index in [4.69, 9.17) is 0 Å². The van der Waals surface area contributed by atoms with Gasteiger partial charge >= 0.3 is 0 Å². The van der Waals surface area contributed by atoms with Gasteiger partial charge < -0.3 is 4.90 Å². The Bertz CT molecular complexity index is 330. The maximum absolute atomic E-state index is 4.45. The van der Waals surface area contributed by atoms with Crippen LogP contribution in [0.3, 0.4) is 0 Å². The molecule has 0 N–H and O–H groups in total. The monoisotopic (exact) mass is 288 g/mol. The molecule has 1 atom stereocenters. The molecular formula is C11H17BrN2S. The fourth-order valence-corrected chi connectivity index (χ4v) is 2.80. The number of hydrogen-bond donors (Lipinski definition) is 0. The van der Waals surface area contributed by atoms with Gasteiger partial charge in [-0.15, -0.1) is 0 Å². The molecule has 0 aliphatic rings. The van der Waals surface area contributed by atoms with Gasteiger partial charge in [0.2, 0.25) is 0 Å².